The van der Waals surface area contributed by atoms with Crippen LogP contribution in [0.4, 0.5) is 0 Å². The lowest BCUT2D eigenvalue weighted by molar-refractivity contribution is 0.0887. The summed E-state index contributed by atoms with van der Waals surface area (Å²) in [6, 6.07) is 34.6. The fourth-order valence-electron chi connectivity index (χ4n) is 4.75. The van der Waals surface area contributed by atoms with Gasteiger partial charge < -0.3 is 14.7 Å². The summed E-state index contributed by atoms with van der Waals surface area (Å²) >= 11 is 0. The van der Waals surface area contributed by atoms with Crippen molar-refractivity contribution in [3.8, 4) is 16.9 Å². The number of oxime groups is 1. The van der Waals surface area contributed by atoms with Gasteiger partial charge in [-0.2, -0.15) is 0 Å². The largest absolute Gasteiger partial charge is 0.491 e. The number of rotatable bonds is 10. The van der Waals surface area contributed by atoms with Gasteiger partial charge in [0.05, 0.1) is 12.7 Å². The third-order valence-corrected chi connectivity index (χ3v) is 6.62. The number of ether oxygens (including phenoxy) is 1. The maximum atomic E-state index is 10.5. The fraction of sp³-hybridized carbons (Fsp3) is 0.156. The predicted molar refractivity (Wildman–Crippen MR) is 150 cm³/mol. The van der Waals surface area contributed by atoms with Gasteiger partial charge in [0.2, 0.25) is 0 Å². The molecule has 1 heterocycles. The van der Waals surface area contributed by atoms with Crippen molar-refractivity contribution >= 4 is 5.71 Å². The Labute approximate surface area is 227 Å². The molecule has 39 heavy (non-hydrogen) atoms. The molecule has 0 aliphatic heterocycles. The van der Waals surface area contributed by atoms with E-state index in [1.54, 1.807) is 10.9 Å². The van der Waals surface area contributed by atoms with Crippen LogP contribution in [0.2, 0.25) is 0 Å². The van der Waals surface area contributed by atoms with Crippen molar-refractivity contribution in [3.05, 3.63) is 137 Å². The van der Waals surface area contributed by atoms with Crippen molar-refractivity contribution in [2.45, 2.75) is 25.7 Å². The molecule has 0 bridgehead atoms. The van der Waals surface area contributed by atoms with Crippen LogP contribution >= 0.6 is 0 Å². The van der Waals surface area contributed by atoms with Gasteiger partial charge in [0.15, 0.2) is 6.61 Å². The maximum absolute atomic E-state index is 10.5. The highest BCUT2D eigenvalue weighted by atomic mass is 16.6. The van der Waals surface area contributed by atoms with Crippen LogP contribution in [0.25, 0.3) is 11.1 Å². The standard InChI is InChI=1S/C32H28N4O3/c37-26(22-38-27-16-14-24(15-17-27)18-23-8-2-1-3-9-23)20-36-19-25(33-35-36)21-39-34-32-30-12-6-4-10-28(30)29-11-5-7-13-31(29)32/h1-17,19,26,37H,18,20-22H2. The van der Waals surface area contributed by atoms with E-state index in [-0.39, 0.29) is 19.8 Å². The van der Waals surface area contributed by atoms with Crippen LogP contribution in [-0.2, 0) is 24.4 Å². The molecule has 7 nitrogen and oxygen atoms in total. The summed E-state index contributed by atoms with van der Waals surface area (Å²) in [6.45, 7) is 0.584. The van der Waals surface area contributed by atoms with Crippen LogP contribution in [0.3, 0.4) is 0 Å². The summed E-state index contributed by atoms with van der Waals surface area (Å²) in [6.07, 6.45) is 1.88. The van der Waals surface area contributed by atoms with Crippen molar-refractivity contribution < 1.29 is 14.7 Å². The van der Waals surface area contributed by atoms with Crippen molar-refractivity contribution in [1.82, 2.24) is 15.0 Å². The lowest BCUT2D eigenvalue weighted by atomic mass is 10.1. The minimum Gasteiger partial charge on any atom is -0.491 e. The molecule has 4 aromatic carbocycles. The van der Waals surface area contributed by atoms with Gasteiger partial charge in [-0.05, 0) is 40.8 Å². The molecular weight excluding hydrogens is 488 g/mol. The Morgan fingerprint density at radius 1 is 0.744 bits per heavy atom. The molecule has 7 heteroatoms. The second-order valence-corrected chi connectivity index (χ2v) is 9.51. The van der Waals surface area contributed by atoms with Crippen LogP contribution in [-0.4, -0.2) is 38.5 Å². The van der Waals surface area contributed by atoms with E-state index in [9.17, 15) is 5.11 Å². The van der Waals surface area contributed by atoms with Crippen LogP contribution < -0.4 is 4.74 Å². The molecular formula is C32H28N4O3. The molecule has 1 aliphatic carbocycles. The van der Waals surface area contributed by atoms with Crippen molar-refractivity contribution in [3.63, 3.8) is 0 Å². The smallest absolute Gasteiger partial charge is 0.162 e. The summed E-state index contributed by atoms with van der Waals surface area (Å²) in [4.78, 5) is 5.67. The van der Waals surface area contributed by atoms with Crippen LogP contribution in [0.5, 0.6) is 5.75 Å². The van der Waals surface area contributed by atoms with Crippen molar-refractivity contribution in [2.24, 2.45) is 5.16 Å². The molecule has 0 spiro atoms. The minimum absolute atomic E-state index is 0.149. The number of fused-ring (bicyclic) bond motifs is 3. The third-order valence-electron chi connectivity index (χ3n) is 6.62. The molecule has 1 aliphatic rings. The first-order valence-corrected chi connectivity index (χ1v) is 12.9. The average molecular weight is 517 g/mol. The minimum atomic E-state index is -0.740. The lowest BCUT2D eigenvalue weighted by Crippen LogP contribution is -2.23. The maximum Gasteiger partial charge on any atom is 0.162 e. The second-order valence-electron chi connectivity index (χ2n) is 9.51. The van der Waals surface area contributed by atoms with Crippen LogP contribution in [0.15, 0.2) is 114 Å². The molecule has 1 atom stereocenters. The molecule has 1 unspecified atom stereocenters. The van der Waals surface area contributed by atoms with Gasteiger partial charge >= 0.3 is 0 Å². The topological polar surface area (TPSA) is 81.8 Å². The SMILES string of the molecule is OC(COc1ccc(Cc2ccccc2)cc1)Cn1cc(CON=C2c3ccccc3-c3ccccc32)nn1. The van der Waals surface area contributed by atoms with E-state index in [0.29, 0.717) is 11.4 Å². The van der Waals surface area contributed by atoms with Gasteiger partial charge in [0.1, 0.15) is 29.9 Å². The van der Waals surface area contributed by atoms with Crippen LogP contribution in [0, 0.1) is 0 Å². The molecule has 0 saturated heterocycles. The number of aromatic nitrogens is 3. The lowest BCUT2D eigenvalue weighted by Gasteiger charge is -2.12. The van der Waals surface area contributed by atoms with E-state index in [0.717, 1.165) is 34.4 Å². The Balaban J connectivity index is 0.997. The first kappa shape index (κ1) is 24.6. The van der Waals surface area contributed by atoms with E-state index < -0.39 is 6.10 Å². The Bertz CT molecular complexity index is 1530. The van der Waals surface area contributed by atoms with E-state index in [4.69, 9.17) is 9.57 Å². The number of hydrogen-bond donors (Lipinski definition) is 1. The molecule has 0 fully saturated rings. The predicted octanol–water partition coefficient (Wildman–Crippen LogP) is 5.26. The molecule has 6 rings (SSSR count). The number of aliphatic hydroxyl groups is 1. The first-order chi connectivity index (χ1) is 19.2. The Hall–Kier alpha value is -4.75. The highest BCUT2D eigenvalue weighted by Gasteiger charge is 2.24. The Kier molecular flexibility index (Phi) is 7.14. The monoisotopic (exact) mass is 516 g/mol. The zero-order valence-electron chi connectivity index (χ0n) is 21.4. The molecule has 5 aromatic rings. The Morgan fingerprint density at radius 2 is 1.36 bits per heavy atom. The van der Waals surface area contributed by atoms with Gasteiger partial charge in [-0.3, -0.25) is 0 Å². The molecule has 1 N–H and O–H groups in total. The zero-order chi connectivity index (χ0) is 26.4. The van der Waals surface area contributed by atoms with Gasteiger partial charge in [-0.1, -0.05) is 101 Å². The van der Waals surface area contributed by atoms with E-state index in [1.807, 2.05) is 66.7 Å². The van der Waals surface area contributed by atoms with Crippen molar-refractivity contribution in [2.75, 3.05) is 6.61 Å². The quantitative estimate of drug-likeness (QED) is 0.251. The summed E-state index contributed by atoms with van der Waals surface area (Å²) < 4.78 is 7.36. The number of benzene rings is 4. The first-order valence-electron chi connectivity index (χ1n) is 12.9. The summed E-state index contributed by atoms with van der Waals surface area (Å²) in [5.41, 5.74) is 8.32. The number of hydrogen-bond acceptors (Lipinski definition) is 6. The van der Waals surface area contributed by atoms with Crippen LogP contribution in [0.1, 0.15) is 27.9 Å². The molecule has 0 amide bonds. The van der Waals surface area contributed by atoms with Gasteiger partial charge in [0, 0.05) is 11.1 Å². The number of nitrogens with zero attached hydrogens (tertiary/aromatic N) is 4. The number of aliphatic hydroxyl groups excluding tert-OH is 1. The summed E-state index contributed by atoms with van der Waals surface area (Å²) in [7, 11) is 0. The highest BCUT2D eigenvalue weighted by Crippen LogP contribution is 2.36. The summed E-state index contributed by atoms with van der Waals surface area (Å²) in [5, 5.41) is 23.2. The normalized spacial score (nSPS) is 12.5. The second kappa shape index (κ2) is 11.3. The van der Waals surface area contributed by atoms with E-state index in [1.165, 1.54) is 11.1 Å². The van der Waals surface area contributed by atoms with Crippen molar-refractivity contribution in [1.29, 1.82) is 0 Å². The fourth-order valence-corrected chi connectivity index (χ4v) is 4.75. The molecule has 0 radical (unpaired) electrons. The zero-order valence-corrected chi connectivity index (χ0v) is 21.4. The van der Waals surface area contributed by atoms with Gasteiger partial charge in [-0.15, -0.1) is 5.10 Å². The third kappa shape index (κ3) is 5.73. The Morgan fingerprint density at radius 3 is 2.05 bits per heavy atom. The molecule has 194 valence electrons. The highest BCUT2D eigenvalue weighted by molar-refractivity contribution is 6.24. The van der Waals surface area contributed by atoms with Gasteiger partial charge in [0.25, 0.3) is 0 Å². The van der Waals surface area contributed by atoms with Gasteiger partial charge in [-0.25, -0.2) is 4.68 Å². The average Bonchev–Trinajstić information content (AvgIpc) is 3.55. The van der Waals surface area contributed by atoms with E-state index >= 15 is 0 Å². The molecule has 1 aromatic heterocycles. The van der Waals surface area contributed by atoms with E-state index in [2.05, 4.69) is 51.9 Å². The summed E-state index contributed by atoms with van der Waals surface area (Å²) in [5.74, 6) is 0.715. The molecule has 0 saturated carbocycles.